The summed E-state index contributed by atoms with van der Waals surface area (Å²) < 4.78 is 2.02. The topological polar surface area (TPSA) is 90.8 Å². The molecule has 3 aromatic heterocycles. The van der Waals surface area contributed by atoms with Crippen molar-refractivity contribution in [1.29, 1.82) is 0 Å². The van der Waals surface area contributed by atoms with Gasteiger partial charge in [-0.2, -0.15) is 5.10 Å². The molecule has 0 radical (unpaired) electrons. The van der Waals surface area contributed by atoms with Crippen LogP contribution in [0.3, 0.4) is 0 Å². The van der Waals surface area contributed by atoms with E-state index in [1.807, 2.05) is 37.0 Å². The maximum absolute atomic E-state index is 4.94. The van der Waals surface area contributed by atoms with Crippen LogP contribution in [0.1, 0.15) is 26.5 Å². The van der Waals surface area contributed by atoms with Crippen LogP contribution in [-0.2, 0) is 7.05 Å². The van der Waals surface area contributed by atoms with Gasteiger partial charge < -0.3 is 14.8 Å². The van der Waals surface area contributed by atoms with Crippen LogP contribution in [0.25, 0.3) is 11.0 Å². The molecule has 0 spiro atoms. The van der Waals surface area contributed by atoms with E-state index in [-0.39, 0.29) is 5.54 Å². The molecule has 0 atom stereocenters. The highest BCUT2D eigenvalue weighted by atomic mass is 32.2. The third-order valence-electron chi connectivity index (χ3n) is 6.11. The normalized spacial score (nSPS) is 15.3. The molecule has 4 aromatic rings. The van der Waals surface area contributed by atoms with Crippen LogP contribution >= 0.6 is 11.8 Å². The Balaban J connectivity index is 1.43. The Hall–Kier alpha value is -3.11. The number of hydrogen-bond acceptors (Lipinski definition) is 8. The fourth-order valence-electron chi connectivity index (χ4n) is 4.19. The van der Waals surface area contributed by atoms with E-state index in [0.29, 0.717) is 5.16 Å². The minimum atomic E-state index is 0.174. The van der Waals surface area contributed by atoms with Crippen LogP contribution in [0.5, 0.6) is 0 Å². The van der Waals surface area contributed by atoms with Crippen LogP contribution in [0.4, 0.5) is 17.5 Å². The Morgan fingerprint density at radius 1 is 1.00 bits per heavy atom. The van der Waals surface area contributed by atoms with Gasteiger partial charge in [0.15, 0.2) is 11.0 Å². The number of aromatic amines is 1. The summed E-state index contributed by atoms with van der Waals surface area (Å²) in [6, 6.07) is 10.2. The van der Waals surface area contributed by atoms with E-state index < -0.39 is 0 Å². The predicted molar refractivity (Wildman–Crippen MR) is 137 cm³/mol. The number of nitrogens with one attached hydrogen (secondary N) is 2. The van der Waals surface area contributed by atoms with E-state index in [9.17, 15) is 0 Å². The van der Waals surface area contributed by atoms with Crippen molar-refractivity contribution >= 4 is 40.2 Å². The summed E-state index contributed by atoms with van der Waals surface area (Å²) >= 11 is 1.55. The molecule has 9 nitrogen and oxygen atoms in total. The molecule has 0 amide bonds. The van der Waals surface area contributed by atoms with Crippen LogP contribution in [0.15, 0.2) is 46.7 Å². The van der Waals surface area contributed by atoms with Gasteiger partial charge in [0.25, 0.3) is 0 Å². The van der Waals surface area contributed by atoms with Crippen molar-refractivity contribution in [2.75, 3.05) is 36.4 Å². The molecule has 2 N–H and O–H groups in total. The third-order valence-corrected chi connectivity index (χ3v) is 6.97. The number of H-pyrrole nitrogens is 1. The molecule has 1 saturated heterocycles. The van der Waals surface area contributed by atoms with Crippen molar-refractivity contribution in [1.82, 2.24) is 34.6 Å². The molecule has 5 rings (SSSR count). The average molecular weight is 478 g/mol. The Bertz CT molecular complexity index is 1300. The summed E-state index contributed by atoms with van der Waals surface area (Å²) in [7, 11) is 2.00. The smallest absolute Gasteiger partial charge is 0.196 e. The Morgan fingerprint density at radius 3 is 2.50 bits per heavy atom. The molecule has 34 heavy (non-hydrogen) atoms. The number of imidazole rings is 1. The summed E-state index contributed by atoms with van der Waals surface area (Å²) in [5, 5.41) is 11.3. The van der Waals surface area contributed by atoms with Crippen molar-refractivity contribution in [3.8, 4) is 0 Å². The summed E-state index contributed by atoms with van der Waals surface area (Å²) in [5.41, 5.74) is 3.24. The first-order valence-electron chi connectivity index (χ1n) is 11.5. The second-order valence-corrected chi connectivity index (χ2v) is 10.7. The Morgan fingerprint density at radius 2 is 1.79 bits per heavy atom. The monoisotopic (exact) mass is 477 g/mol. The molecule has 1 fully saturated rings. The van der Waals surface area contributed by atoms with Crippen LogP contribution in [0, 0.1) is 6.92 Å². The number of nitrogens with zero attached hydrogens (tertiary/aromatic N) is 7. The van der Waals surface area contributed by atoms with Gasteiger partial charge in [-0.05, 0) is 57.7 Å². The first-order valence-corrected chi connectivity index (χ1v) is 12.3. The van der Waals surface area contributed by atoms with E-state index >= 15 is 0 Å². The summed E-state index contributed by atoms with van der Waals surface area (Å²) in [6.45, 7) is 12.7. The fraction of sp³-hybridized carbons (Fsp3) is 0.417. The van der Waals surface area contributed by atoms with Gasteiger partial charge in [0, 0.05) is 61.5 Å². The molecule has 4 heterocycles. The average Bonchev–Trinajstić information content (AvgIpc) is 3.38. The number of hydrogen-bond donors (Lipinski definition) is 2. The van der Waals surface area contributed by atoms with E-state index in [1.165, 1.54) is 0 Å². The molecule has 1 aliphatic heterocycles. The summed E-state index contributed by atoms with van der Waals surface area (Å²) in [5.74, 6) is 2.40. The number of piperazine rings is 1. The molecule has 1 aromatic carbocycles. The minimum Gasteiger partial charge on any atom is -0.354 e. The zero-order chi connectivity index (χ0) is 23.9. The lowest BCUT2D eigenvalue weighted by Crippen LogP contribution is -2.53. The first kappa shape index (κ1) is 22.7. The maximum atomic E-state index is 4.94. The second kappa shape index (κ2) is 8.92. The zero-order valence-corrected chi connectivity index (χ0v) is 21.1. The highest BCUT2D eigenvalue weighted by molar-refractivity contribution is 7.99. The number of rotatable bonds is 5. The third kappa shape index (κ3) is 4.88. The number of fused-ring (bicyclic) bond motifs is 1. The second-order valence-electron chi connectivity index (χ2n) is 9.71. The standard InChI is InChI=1S/C24H31N9S/c1-16-12-21(30-29-16)26-20-14-22(32-8-10-33(11-9-32)24(2,3)4)28-23(27-20)34-17-6-7-19-18(13-17)25-15-31(19)5/h6-7,12-15H,8-11H2,1-5H3,(H2,26,27,28,29,30). The van der Waals surface area contributed by atoms with Crippen molar-refractivity contribution in [2.24, 2.45) is 7.05 Å². The van der Waals surface area contributed by atoms with E-state index in [0.717, 1.165) is 65.3 Å². The molecular formula is C24H31N9S. The molecule has 10 heteroatoms. The molecular weight excluding hydrogens is 446 g/mol. The largest absolute Gasteiger partial charge is 0.354 e. The molecule has 0 aliphatic carbocycles. The van der Waals surface area contributed by atoms with Crippen molar-refractivity contribution in [3.05, 3.63) is 42.4 Å². The van der Waals surface area contributed by atoms with Gasteiger partial charge in [0.2, 0.25) is 0 Å². The summed E-state index contributed by atoms with van der Waals surface area (Å²) in [4.78, 5) is 20.1. The van der Waals surface area contributed by atoms with Crippen LogP contribution in [-0.4, -0.2) is 66.3 Å². The van der Waals surface area contributed by atoms with Crippen LogP contribution in [0.2, 0.25) is 0 Å². The quantitative estimate of drug-likeness (QED) is 0.413. The number of anilines is 3. The van der Waals surface area contributed by atoms with Crippen molar-refractivity contribution in [2.45, 2.75) is 43.3 Å². The first-order chi connectivity index (χ1) is 16.2. The molecule has 178 valence electrons. The lowest BCUT2D eigenvalue weighted by atomic mass is 10.1. The van der Waals surface area contributed by atoms with E-state index in [1.54, 1.807) is 11.8 Å². The maximum Gasteiger partial charge on any atom is 0.196 e. The molecule has 0 saturated carbocycles. The van der Waals surface area contributed by atoms with Gasteiger partial charge in [0.05, 0.1) is 17.4 Å². The minimum absolute atomic E-state index is 0.174. The van der Waals surface area contributed by atoms with Gasteiger partial charge >= 0.3 is 0 Å². The van der Waals surface area contributed by atoms with Gasteiger partial charge in [-0.3, -0.25) is 10.00 Å². The lowest BCUT2D eigenvalue weighted by molar-refractivity contribution is 0.128. The van der Waals surface area contributed by atoms with Gasteiger partial charge in [-0.1, -0.05) is 0 Å². The van der Waals surface area contributed by atoms with E-state index in [2.05, 4.69) is 69.3 Å². The van der Waals surface area contributed by atoms with Crippen molar-refractivity contribution in [3.63, 3.8) is 0 Å². The van der Waals surface area contributed by atoms with Gasteiger partial charge in [-0.15, -0.1) is 0 Å². The lowest BCUT2D eigenvalue weighted by Gasteiger charge is -2.42. The molecule has 0 unspecified atom stereocenters. The number of aromatic nitrogens is 6. The van der Waals surface area contributed by atoms with Crippen LogP contribution < -0.4 is 10.2 Å². The highest BCUT2D eigenvalue weighted by Gasteiger charge is 2.27. The van der Waals surface area contributed by atoms with Gasteiger partial charge in [-0.25, -0.2) is 15.0 Å². The Labute approximate surface area is 204 Å². The van der Waals surface area contributed by atoms with E-state index in [4.69, 9.17) is 9.97 Å². The zero-order valence-electron chi connectivity index (χ0n) is 20.3. The molecule has 1 aliphatic rings. The fourth-order valence-corrected chi connectivity index (χ4v) is 4.99. The Kier molecular flexibility index (Phi) is 5.95. The highest BCUT2D eigenvalue weighted by Crippen LogP contribution is 2.31. The molecule has 0 bridgehead atoms. The SMILES string of the molecule is Cc1cc(Nc2cc(N3CCN(C(C)(C)C)CC3)nc(Sc3ccc4c(c3)ncn4C)n2)n[nH]1. The number of benzene rings is 1. The summed E-state index contributed by atoms with van der Waals surface area (Å²) in [6.07, 6.45) is 1.83. The van der Waals surface area contributed by atoms with Crippen molar-refractivity contribution < 1.29 is 0 Å². The number of aryl methyl sites for hydroxylation is 2. The predicted octanol–water partition coefficient (Wildman–Crippen LogP) is 4.21. The van der Waals surface area contributed by atoms with Gasteiger partial charge in [0.1, 0.15) is 11.6 Å².